The Morgan fingerprint density at radius 2 is 2.11 bits per heavy atom. The minimum Gasteiger partial charge on any atom is -0.482 e. The summed E-state index contributed by atoms with van der Waals surface area (Å²) in [6.45, 7) is 0.947. The lowest BCUT2D eigenvalue weighted by Crippen LogP contribution is -2.41. The molecule has 96 valence electrons. The van der Waals surface area contributed by atoms with E-state index in [-0.39, 0.29) is 12.5 Å². The summed E-state index contributed by atoms with van der Waals surface area (Å²) in [7, 11) is 0. The summed E-state index contributed by atoms with van der Waals surface area (Å²) < 4.78 is 5.44. The largest absolute Gasteiger partial charge is 0.482 e. The Hall–Kier alpha value is -1.71. The summed E-state index contributed by atoms with van der Waals surface area (Å²) in [5, 5.41) is 0. The van der Waals surface area contributed by atoms with E-state index in [2.05, 4.69) is 0 Å². The molecule has 1 aromatic carbocycles. The van der Waals surface area contributed by atoms with E-state index in [1.165, 1.54) is 25.7 Å². The molecule has 4 nitrogen and oxygen atoms in total. The van der Waals surface area contributed by atoms with Crippen molar-refractivity contribution in [2.45, 2.75) is 25.7 Å². The maximum Gasteiger partial charge on any atom is 0.265 e. The van der Waals surface area contributed by atoms with E-state index in [1.54, 1.807) is 0 Å². The highest BCUT2D eigenvalue weighted by Gasteiger charge is 2.28. The maximum atomic E-state index is 12.0. The molecular formula is C14H18N2O2. The van der Waals surface area contributed by atoms with Crippen molar-refractivity contribution >= 4 is 17.3 Å². The normalized spacial score (nSPS) is 19.8. The van der Waals surface area contributed by atoms with E-state index in [9.17, 15) is 4.79 Å². The van der Waals surface area contributed by atoms with Crippen molar-refractivity contribution in [3.05, 3.63) is 18.2 Å². The number of amides is 1. The summed E-state index contributed by atoms with van der Waals surface area (Å²) in [6, 6.07) is 5.49. The Kier molecular flexibility index (Phi) is 2.86. The second-order valence-electron chi connectivity index (χ2n) is 5.17. The number of nitrogens with zero attached hydrogens (tertiary/aromatic N) is 1. The van der Waals surface area contributed by atoms with Crippen molar-refractivity contribution in [2.75, 3.05) is 23.8 Å². The summed E-state index contributed by atoms with van der Waals surface area (Å²) in [5.74, 6) is 1.43. The SMILES string of the molecule is Nc1ccc2c(c1)N(CC1CCCC1)C(=O)CO2. The van der Waals surface area contributed by atoms with Gasteiger partial charge in [-0.3, -0.25) is 4.79 Å². The number of ether oxygens (including phenoxy) is 1. The van der Waals surface area contributed by atoms with Crippen LogP contribution in [-0.4, -0.2) is 19.1 Å². The van der Waals surface area contributed by atoms with Crippen LogP contribution in [0, 0.1) is 5.92 Å². The lowest BCUT2D eigenvalue weighted by atomic mass is 10.1. The molecule has 0 bridgehead atoms. The molecule has 2 N–H and O–H groups in total. The second kappa shape index (κ2) is 4.52. The van der Waals surface area contributed by atoms with Gasteiger partial charge in [-0.2, -0.15) is 0 Å². The zero-order chi connectivity index (χ0) is 12.5. The number of nitrogens with two attached hydrogens (primary N) is 1. The van der Waals surface area contributed by atoms with Crippen molar-refractivity contribution in [2.24, 2.45) is 5.92 Å². The molecule has 1 fully saturated rings. The summed E-state index contributed by atoms with van der Waals surface area (Å²) in [4.78, 5) is 13.9. The third kappa shape index (κ3) is 2.03. The molecular weight excluding hydrogens is 228 g/mol. The van der Waals surface area contributed by atoms with Gasteiger partial charge in [0.25, 0.3) is 5.91 Å². The van der Waals surface area contributed by atoms with Crippen LogP contribution in [0.15, 0.2) is 18.2 Å². The fraction of sp³-hybridized carbons (Fsp3) is 0.500. The van der Waals surface area contributed by atoms with Gasteiger partial charge in [-0.15, -0.1) is 0 Å². The Balaban J connectivity index is 1.88. The van der Waals surface area contributed by atoms with Crippen molar-refractivity contribution in [3.63, 3.8) is 0 Å². The van der Waals surface area contributed by atoms with Gasteiger partial charge in [-0.05, 0) is 37.0 Å². The first-order valence-electron chi connectivity index (χ1n) is 6.57. The minimum absolute atomic E-state index is 0.0417. The molecule has 0 atom stereocenters. The van der Waals surface area contributed by atoms with Crippen LogP contribution >= 0.6 is 0 Å². The van der Waals surface area contributed by atoms with Crippen molar-refractivity contribution < 1.29 is 9.53 Å². The zero-order valence-electron chi connectivity index (χ0n) is 10.4. The molecule has 0 unspecified atom stereocenters. The van der Waals surface area contributed by atoms with E-state index in [0.717, 1.165) is 18.0 Å². The van der Waals surface area contributed by atoms with Gasteiger partial charge in [-0.1, -0.05) is 12.8 Å². The Bertz CT molecular complexity index is 467. The van der Waals surface area contributed by atoms with Gasteiger partial charge >= 0.3 is 0 Å². The Labute approximate surface area is 107 Å². The van der Waals surface area contributed by atoms with Crippen molar-refractivity contribution in [1.82, 2.24) is 0 Å². The number of carbonyl (C=O) groups excluding carboxylic acids is 1. The molecule has 3 rings (SSSR count). The molecule has 1 aromatic rings. The van der Waals surface area contributed by atoms with Crippen LogP contribution < -0.4 is 15.4 Å². The fourth-order valence-electron chi connectivity index (χ4n) is 2.87. The van der Waals surface area contributed by atoms with Crippen LogP contribution in [0.4, 0.5) is 11.4 Å². The van der Waals surface area contributed by atoms with Crippen LogP contribution in [0.5, 0.6) is 5.75 Å². The van der Waals surface area contributed by atoms with Crippen molar-refractivity contribution in [1.29, 1.82) is 0 Å². The number of benzene rings is 1. The Morgan fingerprint density at radius 1 is 1.33 bits per heavy atom. The molecule has 1 aliphatic carbocycles. The third-order valence-corrected chi connectivity index (χ3v) is 3.84. The van der Waals surface area contributed by atoms with E-state index in [1.807, 2.05) is 23.1 Å². The van der Waals surface area contributed by atoms with E-state index in [4.69, 9.17) is 10.5 Å². The number of fused-ring (bicyclic) bond motifs is 1. The van der Waals surface area contributed by atoms with Crippen LogP contribution in [-0.2, 0) is 4.79 Å². The van der Waals surface area contributed by atoms with Gasteiger partial charge in [0.15, 0.2) is 6.61 Å². The quantitative estimate of drug-likeness (QED) is 0.814. The molecule has 1 aliphatic heterocycles. The summed E-state index contributed by atoms with van der Waals surface area (Å²) >= 11 is 0. The highest BCUT2D eigenvalue weighted by molar-refractivity contribution is 5.98. The van der Waals surface area contributed by atoms with Gasteiger partial charge < -0.3 is 15.4 Å². The van der Waals surface area contributed by atoms with Gasteiger partial charge in [0, 0.05) is 12.2 Å². The number of nitrogen functional groups attached to an aromatic ring is 1. The lowest BCUT2D eigenvalue weighted by molar-refractivity contribution is -0.121. The molecule has 4 heteroatoms. The van der Waals surface area contributed by atoms with Crippen LogP contribution in [0.3, 0.4) is 0 Å². The Morgan fingerprint density at radius 3 is 2.89 bits per heavy atom. The molecule has 2 aliphatic rings. The average Bonchev–Trinajstić information content (AvgIpc) is 2.86. The summed E-state index contributed by atoms with van der Waals surface area (Å²) in [6.07, 6.45) is 5.02. The first-order chi connectivity index (χ1) is 8.74. The highest BCUT2D eigenvalue weighted by Crippen LogP contribution is 2.36. The molecule has 1 heterocycles. The third-order valence-electron chi connectivity index (χ3n) is 3.84. The van der Waals surface area contributed by atoms with Crippen molar-refractivity contribution in [3.8, 4) is 5.75 Å². The predicted molar refractivity (Wildman–Crippen MR) is 70.7 cm³/mol. The van der Waals surface area contributed by atoms with E-state index < -0.39 is 0 Å². The molecule has 0 aromatic heterocycles. The maximum absolute atomic E-state index is 12.0. The van der Waals surface area contributed by atoms with Crippen LogP contribution in [0.1, 0.15) is 25.7 Å². The van der Waals surface area contributed by atoms with Gasteiger partial charge in [0.2, 0.25) is 0 Å². The van der Waals surface area contributed by atoms with Crippen LogP contribution in [0.2, 0.25) is 0 Å². The highest BCUT2D eigenvalue weighted by atomic mass is 16.5. The topological polar surface area (TPSA) is 55.6 Å². The van der Waals surface area contributed by atoms with Crippen LogP contribution in [0.25, 0.3) is 0 Å². The molecule has 1 saturated carbocycles. The molecule has 18 heavy (non-hydrogen) atoms. The number of hydrogen-bond acceptors (Lipinski definition) is 3. The number of anilines is 2. The van der Waals surface area contributed by atoms with E-state index in [0.29, 0.717) is 11.6 Å². The standard InChI is InChI=1S/C14H18N2O2/c15-11-5-6-13-12(7-11)16(14(17)9-18-13)8-10-3-1-2-4-10/h5-7,10H,1-4,8-9,15H2. The molecule has 1 amide bonds. The summed E-state index contributed by atoms with van der Waals surface area (Å²) in [5.41, 5.74) is 7.31. The lowest BCUT2D eigenvalue weighted by Gasteiger charge is -2.31. The van der Waals surface area contributed by atoms with E-state index >= 15 is 0 Å². The monoisotopic (exact) mass is 246 g/mol. The van der Waals surface area contributed by atoms with Gasteiger partial charge in [0.1, 0.15) is 5.75 Å². The number of carbonyl (C=O) groups is 1. The zero-order valence-corrected chi connectivity index (χ0v) is 10.4. The average molecular weight is 246 g/mol. The fourth-order valence-corrected chi connectivity index (χ4v) is 2.87. The van der Waals surface area contributed by atoms with Gasteiger partial charge in [0.05, 0.1) is 5.69 Å². The molecule has 0 spiro atoms. The minimum atomic E-state index is 0.0417. The smallest absolute Gasteiger partial charge is 0.265 e. The predicted octanol–water partition coefficient (Wildman–Crippen LogP) is 2.18. The number of rotatable bonds is 2. The first kappa shape index (κ1) is 11.4. The molecule has 0 saturated heterocycles. The van der Waals surface area contributed by atoms with Gasteiger partial charge in [-0.25, -0.2) is 0 Å². The second-order valence-corrected chi connectivity index (χ2v) is 5.17. The molecule has 0 radical (unpaired) electrons. The number of hydrogen-bond donors (Lipinski definition) is 1. The first-order valence-corrected chi connectivity index (χ1v) is 6.57.